The fourth-order valence-corrected chi connectivity index (χ4v) is 2.86. The van der Waals surface area contributed by atoms with Gasteiger partial charge in [-0.1, -0.05) is 60.7 Å². The van der Waals surface area contributed by atoms with Gasteiger partial charge in [-0.3, -0.25) is 15.1 Å². The third kappa shape index (κ3) is 4.91. The van der Waals surface area contributed by atoms with E-state index in [0.29, 0.717) is 6.42 Å². The number of nitrogens with one attached hydrogen (secondary N) is 1. The molecule has 23 heavy (non-hydrogen) atoms. The maximum Gasteiger partial charge on any atom is 0.238 e. The monoisotopic (exact) mass is 309 g/mol. The van der Waals surface area contributed by atoms with E-state index >= 15 is 0 Å². The zero-order chi connectivity index (χ0) is 15.9. The summed E-state index contributed by atoms with van der Waals surface area (Å²) in [4.78, 5) is 14.5. The molecule has 0 radical (unpaired) electrons. The molecular weight excluding hydrogens is 286 g/mol. The summed E-state index contributed by atoms with van der Waals surface area (Å²) in [7, 11) is 0. The van der Waals surface area contributed by atoms with Crippen molar-refractivity contribution in [2.45, 2.75) is 13.0 Å². The van der Waals surface area contributed by atoms with Gasteiger partial charge in [-0.15, -0.1) is 0 Å². The molecule has 0 unspecified atom stereocenters. The Hall–Kier alpha value is -2.17. The summed E-state index contributed by atoms with van der Waals surface area (Å²) in [5.74, 6) is 0.0627. The van der Waals surface area contributed by atoms with Crippen LogP contribution >= 0.6 is 0 Å². The molecule has 0 aromatic heterocycles. The highest BCUT2D eigenvalue weighted by Gasteiger charge is 2.18. The van der Waals surface area contributed by atoms with Gasteiger partial charge in [0.2, 0.25) is 5.91 Å². The molecule has 1 amide bonds. The van der Waals surface area contributed by atoms with E-state index in [9.17, 15) is 4.79 Å². The van der Waals surface area contributed by atoms with Crippen molar-refractivity contribution in [2.75, 3.05) is 26.2 Å². The van der Waals surface area contributed by atoms with Crippen LogP contribution < -0.4 is 5.43 Å². The van der Waals surface area contributed by atoms with Crippen LogP contribution in [0.25, 0.3) is 0 Å². The van der Waals surface area contributed by atoms with Crippen molar-refractivity contribution in [1.82, 2.24) is 15.3 Å². The van der Waals surface area contributed by atoms with Crippen LogP contribution in [0.4, 0.5) is 0 Å². The molecule has 1 N–H and O–H groups in total. The number of hydrazine groups is 1. The summed E-state index contributed by atoms with van der Waals surface area (Å²) in [6, 6.07) is 20.4. The average molecular weight is 309 g/mol. The Labute approximate surface area is 137 Å². The second kappa shape index (κ2) is 7.90. The third-order valence-electron chi connectivity index (χ3n) is 4.11. The van der Waals surface area contributed by atoms with Crippen LogP contribution in [-0.4, -0.2) is 42.0 Å². The van der Waals surface area contributed by atoms with E-state index in [1.54, 1.807) is 0 Å². The Morgan fingerprint density at radius 2 is 1.39 bits per heavy atom. The van der Waals surface area contributed by atoms with E-state index in [4.69, 9.17) is 0 Å². The molecular formula is C19H23N3O. The Bertz CT molecular complexity index is 607. The average Bonchev–Trinajstić information content (AvgIpc) is 2.58. The minimum atomic E-state index is 0.0627. The lowest BCUT2D eigenvalue weighted by Crippen LogP contribution is -2.53. The van der Waals surface area contributed by atoms with E-state index in [2.05, 4.69) is 34.6 Å². The number of carbonyl (C=O) groups is 1. The number of piperazine rings is 1. The maximum absolute atomic E-state index is 12.1. The quantitative estimate of drug-likeness (QED) is 0.918. The van der Waals surface area contributed by atoms with Crippen molar-refractivity contribution in [3.05, 3.63) is 71.8 Å². The van der Waals surface area contributed by atoms with Gasteiger partial charge < -0.3 is 0 Å². The largest absolute Gasteiger partial charge is 0.296 e. The first kappa shape index (κ1) is 15.7. The summed E-state index contributed by atoms with van der Waals surface area (Å²) in [5, 5.41) is 2.03. The molecule has 1 heterocycles. The van der Waals surface area contributed by atoms with E-state index in [1.807, 2.05) is 41.4 Å². The topological polar surface area (TPSA) is 35.6 Å². The number of nitrogens with zero attached hydrogens (tertiary/aromatic N) is 2. The Kier molecular flexibility index (Phi) is 5.40. The fraction of sp³-hybridized carbons (Fsp3) is 0.316. The van der Waals surface area contributed by atoms with Crippen molar-refractivity contribution in [3.8, 4) is 0 Å². The van der Waals surface area contributed by atoms with Crippen LogP contribution in [0.2, 0.25) is 0 Å². The number of amides is 1. The minimum absolute atomic E-state index is 0.0627. The number of hydrogen-bond donors (Lipinski definition) is 1. The Balaban J connectivity index is 1.41. The lowest BCUT2D eigenvalue weighted by molar-refractivity contribution is -0.126. The highest BCUT2D eigenvalue weighted by molar-refractivity contribution is 5.78. The molecule has 1 fully saturated rings. The number of benzene rings is 2. The lowest BCUT2D eigenvalue weighted by Gasteiger charge is -2.34. The molecule has 0 saturated carbocycles. The number of rotatable bonds is 5. The predicted octanol–water partition coefficient (Wildman–Crippen LogP) is 2.08. The van der Waals surface area contributed by atoms with Crippen molar-refractivity contribution in [3.63, 3.8) is 0 Å². The van der Waals surface area contributed by atoms with E-state index in [0.717, 1.165) is 38.3 Å². The molecule has 0 bridgehead atoms. The van der Waals surface area contributed by atoms with Gasteiger partial charge in [-0.05, 0) is 11.1 Å². The lowest BCUT2D eigenvalue weighted by atomic mass is 10.1. The highest BCUT2D eigenvalue weighted by Crippen LogP contribution is 2.07. The third-order valence-corrected chi connectivity index (χ3v) is 4.11. The first-order valence-corrected chi connectivity index (χ1v) is 8.14. The number of hydrogen-bond acceptors (Lipinski definition) is 3. The van der Waals surface area contributed by atoms with Gasteiger partial charge in [0.1, 0.15) is 0 Å². The van der Waals surface area contributed by atoms with Crippen LogP contribution in [-0.2, 0) is 17.8 Å². The van der Waals surface area contributed by atoms with E-state index in [1.165, 1.54) is 5.56 Å². The summed E-state index contributed by atoms with van der Waals surface area (Å²) in [5.41, 5.74) is 5.41. The highest BCUT2D eigenvalue weighted by atomic mass is 16.2. The Morgan fingerprint density at radius 1 is 0.826 bits per heavy atom. The molecule has 2 aromatic carbocycles. The van der Waals surface area contributed by atoms with Crippen LogP contribution in [0.5, 0.6) is 0 Å². The first-order valence-electron chi connectivity index (χ1n) is 8.14. The molecule has 3 rings (SSSR count). The molecule has 0 spiro atoms. The van der Waals surface area contributed by atoms with E-state index in [-0.39, 0.29) is 5.91 Å². The summed E-state index contributed by atoms with van der Waals surface area (Å²) in [6.07, 6.45) is 0.436. The molecule has 4 heteroatoms. The standard InChI is InChI=1S/C19H23N3O/c23-19(15-17-7-3-1-4-8-17)20-22-13-11-21(12-14-22)16-18-9-5-2-6-10-18/h1-10H,11-16H2,(H,20,23). The van der Waals surface area contributed by atoms with Crippen LogP contribution in [0.15, 0.2) is 60.7 Å². The zero-order valence-corrected chi connectivity index (χ0v) is 13.3. The molecule has 4 nitrogen and oxygen atoms in total. The first-order chi connectivity index (χ1) is 11.3. The van der Waals surface area contributed by atoms with E-state index < -0.39 is 0 Å². The fourth-order valence-electron chi connectivity index (χ4n) is 2.86. The van der Waals surface area contributed by atoms with Crippen molar-refractivity contribution in [1.29, 1.82) is 0 Å². The second-order valence-electron chi connectivity index (χ2n) is 5.95. The molecule has 0 aliphatic carbocycles. The predicted molar refractivity (Wildman–Crippen MR) is 91.6 cm³/mol. The van der Waals surface area contributed by atoms with Crippen molar-refractivity contribution >= 4 is 5.91 Å². The van der Waals surface area contributed by atoms with Crippen LogP contribution in [0, 0.1) is 0 Å². The maximum atomic E-state index is 12.1. The smallest absolute Gasteiger partial charge is 0.238 e. The molecule has 0 atom stereocenters. The molecule has 2 aromatic rings. The summed E-state index contributed by atoms with van der Waals surface area (Å²) in [6.45, 7) is 4.66. The van der Waals surface area contributed by atoms with Gasteiger partial charge in [-0.25, -0.2) is 5.01 Å². The molecule has 1 saturated heterocycles. The second-order valence-corrected chi connectivity index (χ2v) is 5.95. The normalized spacial score (nSPS) is 16.2. The Morgan fingerprint density at radius 3 is 2.00 bits per heavy atom. The van der Waals surface area contributed by atoms with Gasteiger partial charge in [-0.2, -0.15) is 0 Å². The summed E-state index contributed by atoms with van der Waals surface area (Å²) < 4.78 is 0. The van der Waals surface area contributed by atoms with Crippen molar-refractivity contribution < 1.29 is 4.79 Å². The SMILES string of the molecule is O=C(Cc1ccccc1)NN1CCN(Cc2ccccc2)CC1. The van der Waals surface area contributed by atoms with Gasteiger partial charge >= 0.3 is 0 Å². The van der Waals surface area contributed by atoms with Crippen LogP contribution in [0.3, 0.4) is 0 Å². The van der Waals surface area contributed by atoms with Gasteiger partial charge in [0.05, 0.1) is 6.42 Å². The molecule has 120 valence electrons. The zero-order valence-electron chi connectivity index (χ0n) is 13.3. The van der Waals surface area contributed by atoms with Gasteiger partial charge in [0, 0.05) is 32.7 Å². The molecule has 1 aliphatic rings. The van der Waals surface area contributed by atoms with Crippen molar-refractivity contribution in [2.24, 2.45) is 0 Å². The van der Waals surface area contributed by atoms with Crippen LogP contribution in [0.1, 0.15) is 11.1 Å². The van der Waals surface area contributed by atoms with Gasteiger partial charge in [0.15, 0.2) is 0 Å². The summed E-state index contributed by atoms with van der Waals surface area (Å²) >= 11 is 0. The minimum Gasteiger partial charge on any atom is -0.296 e. The van der Waals surface area contributed by atoms with Gasteiger partial charge in [0.25, 0.3) is 0 Å². The number of carbonyl (C=O) groups excluding carboxylic acids is 1. The molecule has 1 aliphatic heterocycles.